The Bertz CT molecular complexity index is 821. The van der Waals surface area contributed by atoms with Crippen molar-refractivity contribution in [2.45, 2.75) is 38.1 Å². The molecule has 0 bridgehead atoms. The van der Waals surface area contributed by atoms with Crippen molar-refractivity contribution in [3.05, 3.63) is 35.0 Å². The van der Waals surface area contributed by atoms with Crippen molar-refractivity contribution in [1.82, 2.24) is 9.88 Å². The summed E-state index contributed by atoms with van der Waals surface area (Å²) in [6.45, 7) is 0.995. The van der Waals surface area contributed by atoms with E-state index in [0.717, 1.165) is 30.2 Å². The zero-order chi connectivity index (χ0) is 17.4. The Morgan fingerprint density at radius 2 is 2.12 bits per heavy atom. The summed E-state index contributed by atoms with van der Waals surface area (Å²) in [5.41, 5.74) is 9.68. The molecular formula is C19H23N3O3. The van der Waals surface area contributed by atoms with Crippen LogP contribution in [0.15, 0.2) is 18.2 Å². The fourth-order valence-corrected chi connectivity index (χ4v) is 4.01. The molecule has 3 N–H and O–H groups in total. The highest BCUT2D eigenvalue weighted by Crippen LogP contribution is 2.30. The molecule has 1 aliphatic carbocycles. The first-order valence-corrected chi connectivity index (χ1v) is 8.94. The molecule has 0 radical (unpaired) electrons. The number of carbonyl (C=O) groups excluding carboxylic acids is 2. The molecule has 2 aliphatic rings. The predicted octanol–water partition coefficient (Wildman–Crippen LogP) is 1.76. The molecule has 1 fully saturated rings. The number of benzene rings is 1. The third-order valence-corrected chi connectivity index (χ3v) is 5.28. The number of amides is 2. The van der Waals surface area contributed by atoms with Gasteiger partial charge in [0.15, 0.2) is 0 Å². The van der Waals surface area contributed by atoms with E-state index in [1.807, 2.05) is 18.2 Å². The number of nitrogens with one attached hydrogen (secondary N) is 1. The van der Waals surface area contributed by atoms with Crippen molar-refractivity contribution >= 4 is 22.7 Å². The third kappa shape index (κ3) is 3.02. The van der Waals surface area contributed by atoms with Gasteiger partial charge in [0.2, 0.25) is 5.91 Å². The third-order valence-electron chi connectivity index (χ3n) is 5.28. The molecule has 1 aliphatic heterocycles. The molecule has 0 saturated carbocycles. The largest absolute Gasteiger partial charge is 0.379 e. The second-order valence-electron chi connectivity index (χ2n) is 6.97. The molecule has 1 aromatic carbocycles. The number of hydrogen-bond donors (Lipinski definition) is 2. The molecule has 2 heterocycles. The van der Waals surface area contributed by atoms with E-state index in [0.29, 0.717) is 18.8 Å². The number of nitrogens with zero attached hydrogens (tertiary/aromatic N) is 1. The number of carbonyl (C=O) groups is 2. The van der Waals surface area contributed by atoms with E-state index in [4.69, 9.17) is 10.5 Å². The van der Waals surface area contributed by atoms with Gasteiger partial charge in [0.25, 0.3) is 5.91 Å². The quantitative estimate of drug-likeness (QED) is 0.888. The molecule has 6 nitrogen and oxygen atoms in total. The number of hydrogen-bond acceptors (Lipinski definition) is 3. The summed E-state index contributed by atoms with van der Waals surface area (Å²) >= 11 is 0. The number of fused-ring (bicyclic) bond motifs is 3. The Kier molecular flexibility index (Phi) is 4.21. The van der Waals surface area contributed by atoms with Crippen molar-refractivity contribution in [3.8, 4) is 0 Å². The maximum atomic E-state index is 13.1. The lowest BCUT2D eigenvalue weighted by atomic mass is 9.95. The standard InChI is InChI=1S/C19H23N3O3/c20-18(23)10-22(13-7-8-25-11-13)19(24)12-5-6-17-15(9-12)14-3-1-2-4-16(14)21-17/h5-6,9,13,21H,1-4,7-8,10-11H2,(H2,20,23)/t13-/m1/s1. The summed E-state index contributed by atoms with van der Waals surface area (Å²) in [4.78, 5) is 29.5. The summed E-state index contributed by atoms with van der Waals surface area (Å²) in [5, 5.41) is 1.13. The highest BCUT2D eigenvalue weighted by molar-refractivity contribution is 6.00. The first-order valence-electron chi connectivity index (χ1n) is 8.94. The number of H-pyrrole nitrogens is 1. The minimum Gasteiger partial charge on any atom is -0.379 e. The van der Waals surface area contributed by atoms with Crippen LogP contribution in [0.5, 0.6) is 0 Å². The molecule has 25 heavy (non-hydrogen) atoms. The summed E-state index contributed by atoms with van der Waals surface area (Å²) in [6, 6.07) is 5.67. The molecule has 1 atom stereocenters. The van der Waals surface area contributed by atoms with Crippen molar-refractivity contribution in [2.24, 2.45) is 5.73 Å². The molecule has 2 aromatic rings. The van der Waals surface area contributed by atoms with Crippen LogP contribution < -0.4 is 5.73 Å². The summed E-state index contributed by atoms with van der Waals surface area (Å²) in [6.07, 6.45) is 5.25. The maximum Gasteiger partial charge on any atom is 0.254 e. The number of primary amides is 1. The first-order chi connectivity index (χ1) is 12.1. The zero-order valence-electron chi connectivity index (χ0n) is 14.2. The van der Waals surface area contributed by atoms with Crippen LogP contribution in [-0.4, -0.2) is 47.5 Å². The summed E-state index contributed by atoms with van der Waals surface area (Å²) in [5.74, 6) is -0.651. The summed E-state index contributed by atoms with van der Waals surface area (Å²) in [7, 11) is 0. The van der Waals surface area contributed by atoms with Gasteiger partial charge in [-0.1, -0.05) is 0 Å². The van der Waals surface area contributed by atoms with E-state index in [-0.39, 0.29) is 18.5 Å². The monoisotopic (exact) mass is 341 g/mol. The van der Waals surface area contributed by atoms with E-state index >= 15 is 0 Å². The van der Waals surface area contributed by atoms with Gasteiger partial charge in [-0.25, -0.2) is 0 Å². The zero-order valence-corrected chi connectivity index (χ0v) is 14.2. The van der Waals surface area contributed by atoms with E-state index in [1.165, 1.54) is 24.1 Å². The molecule has 0 spiro atoms. The van der Waals surface area contributed by atoms with Crippen LogP contribution in [0.2, 0.25) is 0 Å². The molecule has 1 aromatic heterocycles. The molecular weight excluding hydrogens is 318 g/mol. The average molecular weight is 341 g/mol. The van der Waals surface area contributed by atoms with Gasteiger partial charge in [0, 0.05) is 28.8 Å². The van der Waals surface area contributed by atoms with Crippen molar-refractivity contribution in [1.29, 1.82) is 0 Å². The van der Waals surface area contributed by atoms with Gasteiger partial charge in [-0.15, -0.1) is 0 Å². The van der Waals surface area contributed by atoms with Crippen LogP contribution in [0.4, 0.5) is 0 Å². The fourth-order valence-electron chi connectivity index (χ4n) is 4.01. The summed E-state index contributed by atoms with van der Waals surface area (Å²) < 4.78 is 5.39. The molecule has 1 saturated heterocycles. The molecule has 4 rings (SSSR count). The SMILES string of the molecule is NC(=O)CN(C(=O)c1ccc2[nH]c3c(c2c1)CCCC3)[C@@H]1CCOC1. The van der Waals surface area contributed by atoms with Crippen LogP contribution in [0.25, 0.3) is 10.9 Å². The van der Waals surface area contributed by atoms with Crippen molar-refractivity contribution in [3.63, 3.8) is 0 Å². The number of rotatable bonds is 4. The first kappa shape index (κ1) is 16.1. The van der Waals surface area contributed by atoms with Gasteiger partial charge >= 0.3 is 0 Å². The van der Waals surface area contributed by atoms with E-state index in [1.54, 1.807) is 4.90 Å². The minimum atomic E-state index is -0.500. The van der Waals surface area contributed by atoms with Gasteiger partial charge in [-0.3, -0.25) is 9.59 Å². The highest BCUT2D eigenvalue weighted by atomic mass is 16.5. The molecule has 2 amide bonds. The highest BCUT2D eigenvalue weighted by Gasteiger charge is 2.29. The Morgan fingerprint density at radius 3 is 2.88 bits per heavy atom. The Morgan fingerprint density at radius 1 is 1.28 bits per heavy atom. The van der Waals surface area contributed by atoms with E-state index < -0.39 is 5.91 Å². The number of ether oxygens (including phenoxy) is 1. The van der Waals surface area contributed by atoms with Gasteiger partial charge in [-0.05, 0) is 55.9 Å². The van der Waals surface area contributed by atoms with Gasteiger partial charge < -0.3 is 20.4 Å². The lowest BCUT2D eigenvalue weighted by molar-refractivity contribution is -0.119. The van der Waals surface area contributed by atoms with Crippen LogP contribution in [0.1, 0.15) is 40.9 Å². The number of aromatic nitrogens is 1. The Balaban J connectivity index is 1.68. The normalized spacial score (nSPS) is 19.8. The number of nitrogens with two attached hydrogens (primary N) is 1. The van der Waals surface area contributed by atoms with Gasteiger partial charge in [-0.2, -0.15) is 0 Å². The van der Waals surface area contributed by atoms with Crippen LogP contribution >= 0.6 is 0 Å². The molecule has 132 valence electrons. The van der Waals surface area contributed by atoms with Gasteiger partial charge in [0.05, 0.1) is 12.6 Å². The molecule has 6 heteroatoms. The lowest BCUT2D eigenvalue weighted by Crippen LogP contribution is -2.45. The van der Waals surface area contributed by atoms with Crippen LogP contribution in [-0.2, 0) is 22.4 Å². The maximum absolute atomic E-state index is 13.1. The second kappa shape index (κ2) is 6.52. The average Bonchev–Trinajstić information content (AvgIpc) is 3.26. The van der Waals surface area contributed by atoms with E-state index in [2.05, 4.69) is 4.98 Å². The lowest BCUT2D eigenvalue weighted by Gasteiger charge is -2.27. The topological polar surface area (TPSA) is 88.4 Å². The minimum absolute atomic E-state index is 0.0733. The van der Waals surface area contributed by atoms with Gasteiger partial charge in [0.1, 0.15) is 6.54 Å². The Hall–Kier alpha value is -2.34. The predicted molar refractivity (Wildman–Crippen MR) is 94.4 cm³/mol. The van der Waals surface area contributed by atoms with Crippen molar-refractivity contribution in [2.75, 3.05) is 19.8 Å². The smallest absolute Gasteiger partial charge is 0.254 e. The van der Waals surface area contributed by atoms with Crippen molar-refractivity contribution < 1.29 is 14.3 Å². The van der Waals surface area contributed by atoms with Crippen LogP contribution in [0, 0.1) is 0 Å². The second-order valence-corrected chi connectivity index (χ2v) is 6.97. The number of aryl methyl sites for hydroxylation is 2. The van der Waals surface area contributed by atoms with Crippen LogP contribution in [0.3, 0.4) is 0 Å². The number of aromatic amines is 1. The molecule has 0 unspecified atom stereocenters. The van der Waals surface area contributed by atoms with E-state index in [9.17, 15) is 9.59 Å². The Labute approximate surface area is 146 Å². The fraction of sp³-hybridized carbons (Fsp3) is 0.474.